The van der Waals surface area contributed by atoms with Crippen LogP contribution in [0.5, 0.6) is 11.5 Å². The second-order valence-electron chi connectivity index (χ2n) is 6.09. The smallest absolute Gasteiger partial charge is 0.176 e. The molecule has 3 aromatic rings. The summed E-state index contributed by atoms with van der Waals surface area (Å²) in [5.74, 6) is 1.67. The Morgan fingerprint density at radius 3 is 2.57 bits per heavy atom. The lowest BCUT2D eigenvalue weighted by Crippen LogP contribution is -2.38. The quantitative estimate of drug-likeness (QED) is 0.572. The molecule has 21 heavy (non-hydrogen) atoms. The summed E-state index contributed by atoms with van der Waals surface area (Å²) in [7, 11) is -1.53. The van der Waals surface area contributed by atoms with Gasteiger partial charge in [0, 0.05) is 9.86 Å². The van der Waals surface area contributed by atoms with Gasteiger partial charge < -0.3 is 9.15 Å². The predicted octanol–water partition coefficient (Wildman–Crippen LogP) is 5.53. The van der Waals surface area contributed by atoms with Gasteiger partial charge in [0.15, 0.2) is 11.3 Å². The van der Waals surface area contributed by atoms with Crippen molar-refractivity contribution in [3.8, 4) is 11.5 Å². The summed E-state index contributed by atoms with van der Waals surface area (Å²) in [4.78, 5) is 0. The molecule has 0 unspecified atom stereocenters. The van der Waals surface area contributed by atoms with E-state index in [4.69, 9.17) is 9.15 Å². The van der Waals surface area contributed by atoms with Crippen LogP contribution in [0.1, 0.15) is 0 Å². The van der Waals surface area contributed by atoms with Crippen molar-refractivity contribution >= 4 is 40.2 Å². The average molecular weight is 361 g/mol. The fourth-order valence-corrected chi connectivity index (χ4v) is 4.15. The van der Waals surface area contributed by atoms with Crippen molar-refractivity contribution < 1.29 is 9.15 Å². The molecule has 0 aliphatic carbocycles. The molecule has 0 saturated heterocycles. The largest absolute Gasteiger partial charge is 0.460 e. The van der Waals surface area contributed by atoms with Crippen molar-refractivity contribution in [2.75, 3.05) is 0 Å². The van der Waals surface area contributed by atoms with Crippen LogP contribution in [-0.4, -0.2) is 8.07 Å². The number of hydrogen-bond donors (Lipinski definition) is 0. The maximum atomic E-state index is 6.20. The third-order valence-corrected chi connectivity index (χ3v) is 5.90. The molecule has 0 radical (unpaired) electrons. The van der Waals surface area contributed by atoms with Crippen LogP contribution in [0, 0.1) is 0 Å². The Bertz CT molecular complexity index is 787. The highest BCUT2D eigenvalue weighted by Gasteiger charge is 2.24. The first kappa shape index (κ1) is 14.4. The number of ether oxygens (including phenoxy) is 1. The lowest BCUT2D eigenvalue weighted by Gasteiger charge is -2.21. The zero-order chi connectivity index (χ0) is 15.0. The van der Waals surface area contributed by atoms with E-state index in [1.165, 1.54) is 5.19 Å². The van der Waals surface area contributed by atoms with Crippen LogP contribution in [0.15, 0.2) is 57.6 Å². The zero-order valence-corrected chi connectivity index (χ0v) is 14.9. The second kappa shape index (κ2) is 5.35. The first-order chi connectivity index (χ1) is 9.95. The number of halogens is 1. The van der Waals surface area contributed by atoms with Crippen LogP contribution < -0.4 is 9.92 Å². The van der Waals surface area contributed by atoms with Crippen molar-refractivity contribution in [1.82, 2.24) is 0 Å². The third-order valence-electron chi connectivity index (χ3n) is 3.40. The van der Waals surface area contributed by atoms with Crippen LogP contribution in [0.3, 0.4) is 0 Å². The van der Waals surface area contributed by atoms with Gasteiger partial charge in [-0.15, -0.1) is 0 Å². The van der Waals surface area contributed by atoms with Gasteiger partial charge in [-0.3, -0.25) is 0 Å². The zero-order valence-electron chi connectivity index (χ0n) is 12.3. The topological polar surface area (TPSA) is 22.4 Å². The summed E-state index contributed by atoms with van der Waals surface area (Å²) >= 11 is 3.48. The van der Waals surface area contributed by atoms with Gasteiger partial charge in [-0.1, -0.05) is 53.8 Å². The number of fused-ring (bicyclic) bond motifs is 1. The standard InChI is InChI=1S/C17H17BrO2Si/c1-21(2,3)15-8-7-12-9-10-19-16(12)17(15)20-14-6-4-5-13(18)11-14/h4-11H,1-3H3. The Morgan fingerprint density at radius 1 is 1.05 bits per heavy atom. The fourth-order valence-electron chi connectivity index (χ4n) is 2.35. The van der Waals surface area contributed by atoms with E-state index in [1.807, 2.05) is 30.3 Å². The third kappa shape index (κ3) is 2.92. The molecule has 1 aromatic heterocycles. The summed E-state index contributed by atoms with van der Waals surface area (Å²) in [6.07, 6.45) is 1.71. The molecular formula is C17H17BrO2Si. The van der Waals surface area contributed by atoms with Gasteiger partial charge in [-0.2, -0.15) is 0 Å². The average Bonchev–Trinajstić information content (AvgIpc) is 2.86. The highest BCUT2D eigenvalue weighted by Crippen LogP contribution is 2.32. The minimum atomic E-state index is -1.53. The number of furan rings is 1. The van der Waals surface area contributed by atoms with Crippen molar-refractivity contribution in [2.24, 2.45) is 0 Å². The Labute approximate surface area is 133 Å². The van der Waals surface area contributed by atoms with Gasteiger partial charge in [0.25, 0.3) is 0 Å². The SMILES string of the molecule is C[Si](C)(C)c1ccc2ccoc2c1Oc1cccc(Br)c1. The lowest BCUT2D eigenvalue weighted by atomic mass is 10.2. The summed E-state index contributed by atoms with van der Waals surface area (Å²) in [5, 5.41) is 2.34. The van der Waals surface area contributed by atoms with E-state index in [0.29, 0.717) is 0 Å². The monoisotopic (exact) mass is 360 g/mol. The van der Waals surface area contributed by atoms with Crippen molar-refractivity contribution in [2.45, 2.75) is 19.6 Å². The lowest BCUT2D eigenvalue weighted by molar-refractivity contribution is 0.475. The summed E-state index contributed by atoms with van der Waals surface area (Å²) in [5.41, 5.74) is 0.829. The van der Waals surface area contributed by atoms with Gasteiger partial charge in [-0.05, 0) is 29.5 Å². The molecule has 3 rings (SSSR count). The minimum absolute atomic E-state index is 0.813. The minimum Gasteiger partial charge on any atom is -0.460 e. The molecule has 0 spiro atoms. The molecule has 0 N–H and O–H groups in total. The van der Waals surface area contributed by atoms with Gasteiger partial charge >= 0.3 is 0 Å². The van der Waals surface area contributed by atoms with Crippen LogP contribution in [0.2, 0.25) is 19.6 Å². The van der Waals surface area contributed by atoms with E-state index in [1.54, 1.807) is 6.26 Å². The molecule has 2 aromatic carbocycles. The van der Waals surface area contributed by atoms with E-state index in [0.717, 1.165) is 26.9 Å². The van der Waals surface area contributed by atoms with E-state index in [9.17, 15) is 0 Å². The Morgan fingerprint density at radius 2 is 1.86 bits per heavy atom. The molecule has 0 atom stereocenters. The Balaban J connectivity index is 2.16. The first-order valence-corrected chi connectivity index (χ1v) is 11.2. The van der Waals surface area contributed by atoms with Gasteiger partial charge in [0.05, 0.1) is 14.3 Å². The predicted molar refractivity (Wildman–Crippen MR) is 93.4 cm³/mol. The van der Waals surface area contributed by atoms with E-state index >= 15 is 0 Å². The maximum Gasteiger partial charge on any atom is 0.176 e. The normalized spacial score (nSPS) is 11.8. The van der Waals surface area contributed by atoms with Crippen LogP contribution in [0.25, 0.3) is 11.0 Å². The van der Waals surface area contributed by atoms with Crippen molar-refractivity contribution in [1.29, 1.82) is 0 Å². The van der Waals surface area contributed by atoms with Gasteiger partial charge in [0.1, 0.15) is 5.75 Å². The summed E-state index contributed by atoms with van der Waals surface area (Å²) < 4.78 is 12.9. The molecule has 0 bridgehead atoms. The number of rotatable bonds is 3. The van der Waals surface area contributed by atoms with Crippen LogP contribution in [0.4, 0.5) is 0 Å². The van der Waals surface area contributed by atoms with E-state index < -0.39 is 8.07 Å². The highest BCUT2D eigenvalue weighted by atomic mass is 79.9. The van der Waals surface area contributed by atoms with Crippen LogP contribution in [-0.2, 0) is 0 Å². The molecule has 0 aliphatic rings. The molecule has 108 valence electrons. The second-order valence-corrected chi connectivity index (χ2v) is 12.0. The molecule has 0 fully saturated rings. The number of benzene rings is 2. The summed E-state index contributed by atoms with van der Waals surface area (Å²) in [6.45, 7) is 6.93. The van der Waals surface area contributed by atoms with Crippen molar-refractivity contribution in [3.63, 3.8) is 0 Å². The Kier molecular flexibility index (Phi) is 3.67. The van der Waals surface area contributed by atoms with E-state index in [-0.39, 0.29) is 0 Å². The molecule has 0 saturated carbocycles. The molecule has 1 heterocycles. The Hall–Kier alpha value is -1.52. The van der Waals surface area contributed by atoms with Crippen molar-refractivity contribution in [3.05, 3.63) is 53.2 Å². The fraction of sp³-hybridized carbons (Fsp3) is 0.176. The molecule has 4 heteroatoms. The van der Waals surface area contributed by atoms with Crippen LogP contribution >= 0.6 is 15.9 Å². The summed E-state index contributed by atoms with van der Waals surface area (Å²) in [6, 6.07) is 14.1. The van der Waals surface area contributed by atoms with Gasteiger partial charge in [-0.25, -0.2) is 0 Å². The van der Waals surface area contributed by atoms with Gasteiger partial charge in [0.2, 0.25) is 0 Å². The molecule has 2 nitrogen and oxygen atoms in total. The maximum absolute atomic E-state index is 6.20. The molecule has 0 amide bonds. The first-order valence-electron chi connectivity index (χ1n) is 6.89. The molecular weight excluding hydrogens is 344 g/mol. The number of hydrogen-bond acceptors (Lipinski definition) is 2. The highest BCUT2D eigenvalue weighted by molar-refractivity contribution is 9.10. The van der Waals surface area contributed by atoms with E-state index in [2.05, 4.69) is 47.7 Å². The molecule has 0 aliphatic heterocycles.